The number of ether oxygens (including phenoxy) is 1. The molecule has 0 aliphatic rings. The van der Waals surface area contributed by atoms with E-state index in [9.17, 15) is 4.79 Å². The zero-order valence-corrected chi connectivity index (χ0v) is 11.6. The number of carbonyl (C=O) groups excluding carboxylic acids is 1. The minimum Gasteiger partial charge on any atom is -0.463 e. The highest BCUT2D eigenvalue weighted by Crippen LogP contribution is 2.18. The van der Waals surface area contributed by atoms with Gasteiger partial charge in [-0.2, -0.15) is 0 Å². The van der Waals surface area contributed by atoms with Crippen LogP contribution in [-0.2, 0) is 9.53 Å². The van der Waals surface area contributed by atoms with Crippen LogP contribution in [0.15, 0.2) is 23.8 Å². The van der Waals surface area contributed by atoms with Crippen molar-refractivity contribution in [3.63, 3.8) is 0 Å². The molecule has 0 aliphatic heterocycles. The molecule has 98 valence electrons. The van der Waals surface area contributed by atoms with Crippen LogP contribution in [0.25, 0.3) is 0 Å². The molecule has 2 heteroatoms. The van der Waals surface area contributed by atoms with E-state index in [-0.39, 0.29) is 5.97 Å². The number of hydrogen-bond donors (Lipinski definition) is 0. The zero-order chi connectivity index (χ0) is 13.1. The molecule has 2 nitrogen and oxygen atoms in total. The topological polar surface area (TPSA) is 26.3 Å². The standard InChI is InChI=1S/C15H26O2/c1-5-8-9-10-12-13(4)14(11-6-2)15(16)17-7-3/h6H,2,5,7-12H2,1,3-4H3/b14-13-. The van der Waals surface area contributed by atoms with Crippen LogP contribution in [0.2, 0.25) is 0 Å². The van der Waals surface area contributed by atoms with E-state index in [2.05, 4.69) is 13.5 Å². The Morgan fingerprint density at radius 1 is 1.24 bits per heavy atom. The zero-order valence-electron chi connectivity index (χ0n) is 11.6. The van der Waals surface area contributed by atoms with E-state index in [1.165, 1.54) is 19.3 Å². The molecule has 0 atom stereocenters. The predicted octanol–water partition coefficient (Wildman–Crippen LogP) is 4.41. The van der Waals surface area contributed by atoms with Gasteiger partial charge in [0.15, 0.2) is 0 Å². The summed E-state index contributed by atoms with van der Waals surface area (Å²) in [6.45, 7) is 10.2. The fraction of sp³-hybridized carbons (Fsp3) is 0.667. The number of allylic oxidation sites excluding steroid dienone is 2. The van der Waals surface area contributed by atoms with E-state index in [1.54, 1.807) is 6.08 Å². The van der Waals surface area contributed by atoms with Gasteiger partial charge in [-0.25, -0.2) is 4.79 Å². The van der Waals surface area contributed by atoms with Crippen molar-refractivity contribution in [1.82, 2.24) is 0 Å². The van der Waals surface area contributed by atoms with Gasteiger partial charge >= 0.3 is 5.97 Å². The Morgan fingerprint density at radius 2 is 1.94 bits per heavy atom. The molecule has 0 aromatic rings. The third-order valence-electron chi connectivity index (χ3n) is 2.79. The van der Waals surface area contributed by atoms with E-state index in [4.69, 9.17) is 4.74 Å². The van der Waals surface area contributed by atoms with E-state index in [0.717, 1.165) is 24.0 Å². The molecule has 0 aromatic carbocycles. The summed E-state index contributed by atoms with van der Waals surface area (Å²) in [6, 6.07) is 0. The van der Waals surface area contributed by atoms with Crippen molar-refractivity contribution in [2.75, 3.05) is 6.61 Å². The van der Waals surface area contributed by atoms with E-state index < -0.39 is 0 Å². The van der Waals surface area contributed by atoms with Crippen LogP contribution in [0.1, 0.15) is 59.3 Å². The van der Waals surface area contributed by atoms with Gasteiger partial charge in [0.05, 0.1) is 6.61 Å². The second-order valence-electron chi connectivity index (χ2n) is 4.28. The molecular formula is C15H26O2. The predicted molar refractivity (Wildman–Crippen MR) is 72.9 cm³/mol. The van der Waals surface area contributed by atoms with Crippen molar-refractivity contribution in [1.29, 1.82) is 0 Å². The van der Waals surface area contributed by atoms with Gasteiger partial charge in [-0.3, -0.25) is 0 Å². The summed E-state index contributed by atoms with van der Waals surface area (Å²) < 4.78 is 5.06. The lowest BCUT2D eigenvalue weighted by Gasteiger charge is -2.09. The summed E-state index contributed by atoms with van der Waals surface area (Å²) in [5, 5.41) is 0. The maximum atomic E-state index is 11.7. The minimum atomic E-state index is -0.180. The number of esters is 1. The van der Waals surface area contributed by atoms with E-state index >= 15 is 0 Å². The normalized spacial score (nSPS) is 11.9. The summed E-state index contributed by atoms with van der Waals surface area (Å²) in [5.74, 6) is -0.180. The molecular weight excluding hydrogens is 212 g/mol. The van der Waals surface area contributed by atoms with Crippen LogP contribution in [0, 0.1) is 0 Å². The van der Waals surface area contributed by atoms with Gasteiger partial charge in [-0.1, -0.05) is 37.8 Å². The van der Waals surface area contributed by atoms with Gasteiger partial charge in [0.1, 0.15) is 0 Å². The van der Waals surface area contributed by atoms with Crippen LogP contribution in [0.5, 0.6) is 0 Å². The summed E-state index contributed by atoms with van der Waals surface area (Å²) in [6.07, 6.45) is 8.25. The molecule has 0 bridgehead atoms. The van der Waals surface area contributed by atoms with Crippen LogP contribution in [0.3, 0.4) is 0 Å². The van der Waals surface area contributed by atoms with Gasteiger partial charge in [-0.15, -0.1) is 6.58 Å². The fourth-order valence-corrected chi connectivity index (χ4v) is 1.76. The first-order valence-corrected chi connectivity index (χ1v) is 6.63. The highest BCUT2D eigenvalue weighted by molar-refractivity contribution is 5.89. The van der Waals surface area contributed by atoms with Gasteiger partial charge in [0, 0.05) is 5.57 Å². The number of unbranched alkanes of at least 4 members (excludes halogenated alkanes) is 3. The molecule has 0 fully saturated rings. The number of hydrogen-bond acceptors (Lipinski definition) is 2. The lowest BCUT2D eigenvalue weighted by Crippen LogP contribution is -2.09. The first-order chi connectivity index (χ1) is 8.17. The van der Waals surface area contributed by atoms with Crippen LogP contribution < -0.4 is 0 Å². The summed E-state index contributed by atoms with van der Waals surface area (Å²) >= 11 is 0. The summed E-state index contributed by atoms with van der Waals surface area (Å²) in [5.41, 5.74) is 1.94. The lowest BCUT2D eigenvalue weighted by atomic mass is 10.0. The molecule has 0 saturated heterocycles. The molecule has 0 aliphatic carbocycles. The maximum Gasteiger partial charge on any atom is 0.334 e. The molecule has 0 radical (unpaired) electrons. The maximum absolute atomic E-state index is 11.7. The average Bonchev–Trinajstić information content (AvgIpc) is 2.31. The SMILES string of the molecule is C=CC/C(C(=O)OCC)=C(\C)CCCCCC. The second-order valence-corrected chi connectivity index (χ2v) is 4.28. The number of carbonyl (C=O) groups is 1. The summed E-state index contributed by atoms with van der Waals surface area (Å²) in [4.78, 5) is 11.7. The Labute approximate surface area is 106 Å². The quantitative estimate of drug-likeness (QED) is 0.257. The van der Waals surface area contributed by atoms with Crippen molar-refractivity contribution in [3.05, 3.63) is 23.8 Å². The van der Waals surface area contributed by atoms with E-state index in [1.807, 2.05) is 13.8 Å². The Bertz CT molecular complexity index is 264. The first-order valence-electron chi connectivity index (χ1n) is 6.63. The average molecular weight is 238 g/mol. The minimum absolute atomic E-state index is 0.180. The monoisotopic (exact) mass is 238 g/mol. The van der Waals surface area contributed by atoms with Gasteiger partial charge in [-0.05, 0) is 33.1 Å². The smallest absolute Gasteiger partial charge is 0.334 e. The third kappa shape index (κ3) is 6.98. The molecule has 0 N–H and O–H groups in total. The van der Waals surface area contributed by atoms with Crippen molar-refractivity contribution >= 4 is 5.97 Å². The fourth-order valence-electron chi connectivity index (χ4n) is 1.76. The highest BCUT2D eigenvalue weighted by Gasteiger charge is 2.12. The van der Waals surface area contributed by atoms with Crippen LogP contribution in [-0.4, -0.2) is 12.6 Å². The molecule has 0 spiro atoms. The van der Waals surface area contributed by atoms with Gasteiger partial charge < -0.3 is 4.74 Å². The van der Waals surface area contributed by atoms with Crippen molar-refractivity contribution in [3.8, 4) is 0 Å². The molecule has 0 rings (SSSR count). The van der Waals surface area contributed by atoms with E-state index in [0.29, 0.717) is 13.0 Å². The molecule has 0 heterocycles. The Morgan fingerprint density at radius 3 is 2.47 bits per heavy atom. The Hall–Kier alpha value is -1.05. The molecule has 0 amide bonds. The van der Waals surface area contributed by atoms with Gasteiger partial charge in [0.25, 0.3) is 0 Å². The van der Waals surface area contributed by atoms with Crippen LogP contribution >= 0.6 is 0 Å². The summed E-state index contributed by atoms with van der Waals surface area (Å²) in [7, 11) is 0. The third-order valence-corrected chi connectivity index (χ3v) is 2.79. The largest absolute Gasteiger partial charge is 0.463 e. The van der Waals surface area contributed by atoms with Crippen molar-refractivity contribution in [2.45, 2.75) is 59.3 Å². The van der Waals surface area contributed by atoms with Gasteiger partial charge in [0.2, 0.25) is 0 Å². The molecule has 0 unspecified atom stereocenters. The van der Waals surface area contributed by atoms with Crippen LogP contribution in [0.4, 0.5) is 0 Å². The molecule has 0 saturated carbocycles. The van der Waals surface area contributed by atoms with Crippen molar-refractivity contribution < 1.29 is 9.53 Å². The first kappa shape index (κ1) is 16.0. The van der Waals surface area contributed by atoms with Crippen molar-refractivity contribution in [2.24, 2.45) is 0 Å². The Kier molecular flexibility index (Phi) is 9.50. The number of rotatable bonds is 9. The highest BCUT2D eigenvalue weighted by atomic mass is 16.5. The molecule has 17 heavy (non-hydrogen) atoms. The molecule has 0 aromatic heterocycles. The second kappa shape index (κ2) is 10.1. The lowest BCUT2D eigenvalue weighted by molar-refractivity contribution is -0.138. The Balaban J connectivity index is 4.40.